The van der Waals surface area contributed by atoms with Crippen molar-refractivity contribution >= 4 is 27.6 Å². The molecule has 1 amide bonds. The van der Waals surface area contributed by atoms with Crippen molar-refractivity contribution in [3.05, 3.63) is 90.2 Å². The highest BCUT2D eigenvalue weighted by molar-refractivity contribution is 7.89. The Morgan fingerprint density at radius 1 is 1.11 bits per heavy atom. The van der Waals surface area contributed by atoms with Crippen LogP contribution in [0, 0.1) is 11.7 Å². The quantitative estimate of drug-likeness (QED) is 0.278. The molecule has 0 saturated carbocycles. The van der Waals surface area contributed by atoms with E-state index in [2.05, 4.69) is 0 Å². The second kappa shape index (κ2) is 14.5. The lowest BCUT2D eigenvalue weighted by Gasteiger charge is -2.30. The summed E-state index contributed by atoms with van der Waals surface area (Å²) >= 11 is 0. The summed E-state index contributed by atoms with van der Waals surface area (Å²) in [5, 5.41) is 11.6. The summed E-state index contributed by atoms with van der Waals surface area (Å²) in [4.78, 5) is 27.3. The zero-order valence-electron chi connectivity index (χ0n) is 25.0. The summed E-state index contributed by atoms with van der Waals surface area (Å²) in [6.07, 6.45) is -1.92. The fourth-order valence-electron chi connectivity index (χ4n) is 5.69. The van der Waals surface area contributed by atoms with E-state index in [4.69, 9.17) is 14.2 Å². The summed E-state index contributed by atoms with van der Waals surface area (Å²) < 4.78 is 59.2. The van der Waals surface area contributed by atoms with Gasteiger partial charge in [0.05, 0.1) is 36.4 Å². The smallest absolute Gasteiger partial charge is 0.415 e. The van der Waals surface area contributed by atoms with Crippen LogP contribution in [0.2, 0.25) is 0 Å². The highest BCUT2D eigenvalue weighted by atomic mass is 32.2. The first-order valence-corrected chi connectivity index (χ1v) is 16.3. The summed E-state index contributed by atoms with van der Waals surface area (Å²) in [7, 11) is -2.65. The van der Waals surface area contributed by atoms with Crippen molar-refractivity contribution in [2.24, 2.45) is 5.92 Å². The molecule has 0 aromatic heterocycles. The Morgan fingerprint density at radius 2 is 1.89 bits per heavy atom. The van der Waals surface area contributed by atoms with Gasteiger partial charge in [-0.3, -0.25) is 9.69 Å². The van der Waals surface area contributed by atoms with E-state index in [1.165, 1.54) is 46.6 Å². The summed E-state index contributed by atoms with van der Waals surface area (Å²) in [5.41, 5.74) is 1.11. The maximum atomic E-state index is 13.9. The predicted octanol–water partition coefficient (Wildman–Crippen LogP) is 4.21. The van der Waals surface area contributed by atoms with Gasteiger partial charge in [0.2, 0.25) is 10.0 Å². The summed E-state index contributed by atoms with van der Waals surface area (Å²) in [5.74, 6) is -1.30. The monoisotopic (exact) mass is 640 g/mol. The van der Waals surface area contributed by atoms with Crippen molar-refractivity contribution in [1.29, 1.82) is 0 Å². The molecule has 0 bridgehead atoms. The molecule has 2 aliphatic rings. The number of anilines is 1. The largest absolute Gasteiger partial charge is 0.497 e. The number of hydrogen-bond acceptors (Lipinski definition) is 8. The second-order valence-electron chi connectivity index (χ2n) is 11.3. The molecule has 0 spiro atoms. The molecule has 0 aliphatic carbocycles. The van der Waals surface area contributed by atoms with E-state index in [-0.39, 0.29) is 49.2 Å². The van der Waals surface area contributed by atoms with Gasteiger partial charge in [0.25, 0.3) is 0 Å². The van der Waals surface area contributed by atoms with Crippen LogP contribution in [-0.2, 0) is 30.7 Å². The Hall–Kier alpha value is -3.84. The Labute approximate surface area is 262 Å². The van der Waals surface area contributed by atoms with Crippen LogP contribution in [-0.4, -0.2) is 81.4 Å². The second-order valence-corrected chi connectivity index (χ2v) is 13.2. The lowest BCUT2D eigenvalue weighted by molar-refractivity contribution is -0.127. The number of Topliss-reactive ketones (excluding diaryl/α,β-unsaturated/α-hetero) is 1. The van der Waals surface area contributed by atoms with Gasteiger partial charge in [0.15, 0.2) is 11.9 Å². The summed E-state index contributed by atoms with van der Waals surface area (Å²) in [6, 6.07) is 20.8. The van der Waals surface area contributed by atoms with Gasteiger partial charge < -0.3 is 19.3 Å². The topological polar surface area (TPSA) is 123 Å². The number of nitrogens with zero attached hydrogens (tertiary/aromatic N) is 2. The van der Waals surface area contributed by atoms with Crippen LogP contribution in [0.1, 0.15) is 24.8 Å². The average Bonchev–Trinajstić information content (AvgIpc) is 3.70. The number of methoxy groups -OCH3 is 1. The molecule has 3 aromatic carbocycles. The number of carbonyl (C=O) groups excluding carboxylic acids is 2. The molecule has 2 heterocycles. The van der Waals surface area contributed by atoms with Crippen molar-refractivity contribution in [2.45, 2.75) is 48.9 Å². The van der Waals surface area contributed by atoms with Crippen molar-refractivity contribution in [3.8, 4) is 5.75 Å². The van der Waals surface area contributed by atoms with Crippen molar-refractivity contribution in [1.82, 2.24) is 4.31 Å². The normalized spacial score (nSPS) is 19.8. The van der Waals surface area contributed by atoms with Crippen LogP contribution < -0.4 is 9.64 Å². The first kappa shape index (κ1) is 32.6. The number of carbonyl (C=O) groups is 2. The van der Waals surface area contributed by atoms with E-state index in [0.29, 0.717) is 18.8 Å². The minimum Gasteiger partial charge on any atom is -0.497 e. The molecule has 45 heavy (non-hydrogen) atoms. The number of aliphatic hydroxyl groups excluding tert-OH is 1. The molecule has 0 unspecified atom stereocenters. The number of halogens is 1. The van der Waals surface area contributed by atoms with Gasteiger partial charge in [-0.1, -0.05) is 42.5 Å². The van der Waals surface area contributed by atoms with E-state index in [1.54, 1.807) is 18.2 Å². The third-order valence-corrected chi connectivity index (χ3v) is 9.97. The third-order valence-electron chi connectivity index (χ3n) is 8.14. The lowest BCUT2D eigenvalue weighted by Crippen LogP contribution is -2.45. The SMILES string of the molecule is COc1cccc(S(=O)(=O)N(C[C@H]2CCCO2)C[C@@H](O)[C@@H](CC(=O)[C@@H]2CN(c3cccc(F)c3)C(=O)O2)Cc2ccccc2)c1. The Kier molecular flexibility index (Phi) is 10.5. The minimum atomic E-state index is -4.09. The van der Waals surface area contributed by atoms with Crippen molar-refractivity contribution in [3.63, 3.8) is 0 Å². The number of amides is 1. The predicted molar refractivity (Wildman–Crippen MR) is 164 cm³/mol. The first-order chi connectivity index (χ1) is 21.6. The maximum absolute atomic E-state index is 13.9. The van der Waals surface area contributed by atoms with E-state index in [0.717, 1.165) is 12.0 Å². The lowest BCUT2D eigenvalue weighted by atomic mass is 9.88. The van der Waals surface area contributed by atoms with Crippen LogP contribution in [0.15, 0.2) is 83.8 Å². The van der Waals surface area contributed by atoms with Gasteiger partial charge >= 0.3 is 6.09 Å². The number of ether oxygens (including phenoxy) is 3. The van der Waals surface area contributed by atoms with E-state index in [9.17, 15) is 27.5 Å². The van der Waals surface area contributed by atoms with Crippen LogP contribution in [0.3, 0.4) is 0 Å². The Balaban J connectivity index is 1.37. The van der Waals surface area contributed by atoms with Crippen molar-refractivity contribution in [2.75, 3.05) is 38.3 Å². The molecule has 5 rings (SSSR count). The van der Waals surface area contributed by atoms with Crippen LogP contribution in [0.25, 0.3) is 0 Å². The van der Waals surface area contributed by atoms with Gasteiger partial charge in [0, 0.05) is 32.2 Å². The molecule has 0 radical (unpaired) electrons. The number of aliphatic hydroxyl groups is 1. The molecule has 12 heteroatoms. The average molecular weight is 641 g/mol. The van der Waals surface area contributed by atoms with E-state index in [1.807, 2.05) is 30.3 Å². The molecule has 10 nitrogen and oxygen atoms in total. The number of benzene rings is 3. The molecule has 1 N–H and O–H groups in total. The fourth-order valence-corrected chi connectivity index (χ4v) is 7.22. The first-order valence-electron chi connectivity index (χ1n) is 14.9. The standard InChI is InChI=1S/C33H37FN2O8S/c1-42-27-12-6-14-29(19-27)45(40,41)35(20-28-13-7-15-43-28)21-31(38)24(16-23-8-3-2-4-9-23)17-30(37)32-22-36(33(39)44-32)26-11-5-10-25(34)18-26/h2-6,8-12,14,18-19,24,28,31-32,38H,7,13,15-17,20-22H2,1H3/t24-,28-,31-,32+/m1/s1. The number of rotatable bonds is 14. The zero-order chi connectivity index (χ0) is 32.0. The molecule has 4 atom stereocenters. The van der Waals surface area contributed by atoms with Crippen LogP contribution >= 0.6 is 0 Å². The Bertz CT molecular complexity index is 1580. The summed E-state index contributed by atoms with van der Waals surface area (Å²) in [6.45, 7) is 0.165. The number of hydrogen-bond donors (Lipinski definition) is 1. The molecule has 2 saturated heterocycles. The molecule has 2 fully saturated rings. The molecular weight excluding hydrogens is 603 g/mol. The third kappa shape index (κ3) is 8.06. The van der Waals surface area contributed by atoms with E-state index >= 15 is 0 Å². The number of sulfonamides is 1. The van der Waals surface area contributed by atoms with Gasteiger partial charge in [-0.05, 0) is 61.1 Å². The number of cyclic esters (lactones) is 1. The highest BCUT2D eigenvalue weighted by Crippen LogP contribution is 2.28. The molecule has 240 valence electrons. The molecular formula is C33H37FN2O8S. The van der Waals surface area contributed by atoms with Crippen LogP contribution in [0.4, 0.5) is 14.9 Å². The molecule has 3 aromatic rings. The minimum absolute atomic E-state index is 0.0121. The van der Waals surface area contributed by atoms with Gasteiger partial charge in [-0.2, -0.15) is 4.31 Å². The zero-order valence-corrected chi connectivity index (χ0v) is 25.8. The van der Waals surface area contributed by atoms with E-state index < -0.39 is 45.8 Å². The molecule has 2 aliphatic heterocycles. The van der Waals surface area contributed by atoms with Gasteiger partial charge in [-0.25, -0.2) is 17.6 Å². The highest BCUT2D eigenvalue weighted by Gasteiger charge is 2.39. The number of ketones is 1. The van der Waals surface area contributed by atoms with Gasteiger partial charge in [0.1, 0.15) is 11.6 Å². The Morgan fingerprint density at radius 3 is 2.60 bits per heavy atom. The van der Waals surface area contributed by atoms with Crippen LogP contribution in [0.5, 0.6) is 5.75 Å². The van der Waals surface area contributed by atoms with Gasteiger partial charge in [-0.15, -0.1) is 0 Å². The fraction of sp³-hybridized carbons (Fsp3) is 0.394. The van der Waals surface area contributed by atoms with Crippen molar-refractivity contribution < 1.29 is 41.7 Å². The maximum Gasteiger partial charge on any atom is 0.415 e.